The van der Waals surface area contributed by atoms with Crippen molar-refractivity contribution in [1.82, 2.24) is 0 Å². The summed E-state index contributed by atoms with van der Waals surface area (Å²) in [6.45, 7) is 2.26. The van der Waals surface area contributed by atoms with E-state index in [0.717, 1.165) is 19.3 Å². The molecule has 0 aliphatic carbocycles. The third kappa shape index (κ3) is 17.3. The molecule has 0 aromatic heterocycles. The number of carbonyl (C=O) groups excluding carboxylic acids is 2. The highest BCUT2D eigenvalue weighted by Gasteiger charge is 2.09. The molecule has 0 saturated heterocycles. The molecule has 0 saturated carbocycles. The highest BCUT2D eigenvalue weighted by Crippen LogP contribution is 2.13. The van der Waals surface area contributed by atoms with E-state index in [-0.39, 0.29) is 0 Å². The van der Waals surface area contributed by atoms with Crippen molar-refractivity contribution in [3.05, 3.63) is 0 Å². The second-order valence-corrected chi connectivity index (χ2v) is 6.63. The summed E-state index contributed by atoms with van der Waals surface area (Å²) in [4.78, 5) is 21.9. The van der Waals surface area contributed by atoms with Gasteiger partial charge in [-0.1, -0.05) is 96.8 Å². The van der Waals surface area contributed by atoms with Crippen LogP contribution in [0.4, 0.5) is 4.79 Å². The first-order valence-electron chi connectivity index (χ1n) is 9.99. The van der Waals surface area contributed by atoms with E-state index in [4.69, 9.17) is 0 Å². The fourth-order valence-corrected chi connectivity index (χ4v) is 2.83. The first-order chi connectivity index (χ1) is 11.7. The van der Waals surface area contributed by atoms with Crippen molar-refractivity contribution >= 4 is 12.1 Å². The summed E-state index contributed by atoms with van der Waals surface area (Å²) in [5.74, 6) is -0.489. The highest BCUT2D eigenvalue weighted by atomic mass is 16.7. The van der Waals surface area contributed by atoms with Crippen LogP contribution in [0.2, 0.25) is 0 Å². The molecule has 4 nitrogen and oxygen atoms in total. The Kier molecular flexibility index (Phi) is 17.5. The van der Waals surface area contributed by atoms with E-state index in [2.05, 4.69) is 16.4 Å². The molecule has 0 rings (SSSR count). The molecule has 0 radical (unpaired) electrons. The molecule has 0 aromatic rings. The molecule has 0 spiro atoms. The molecule has 4 heteroatoms. The van der Waals surface area contributed by atoms with Gasteiger partial charge in [-0.25, -0.2) is 4.79 Å². The van der Waals surface area contributed by atoms with E-state index in [1.807, 2.05) is 0 Å². The number of methoxy groups -OCH3 is 1. The maximum absolute atomic E-state index is 11.2. The van der Waals surface area contributed by atoms with Crippen molar-refractivity contribution in [2.45, 2.75) is 110 Å². The standard InChI is InChI=1S/C20H38O4/c1-3-4-5-6-7-8-9-10-11-12-13-14-15-16-17-18-19(21)24-20(22)23-2/h3-18H2,1-2H3. The van der Waals surface area contributed by atoms with Crippen molar-refractivity contribution < 1.29 is 19.1 Å². The van der Waals surface area contributed by atoms with Crippen molar-refractivity contribution in [2.24, 2.45) is 0 Å². The molecular weight excluding hydrogens is 304 g/mol. The van der Waals surface area contributed by atoms with Crippen LogP contribution < -0.4 is 0 Å². The number of unbranched alkanes of at least 4 members (excludes halogenated alkanes) is 14. The Morgan fingerprint density at radius 1 is 0.625 bits per heavy atom. The van der Waals surface area contributed by atoms with Crippen molar-refractivity contribution in [1.29, 1.82) is 0 Å². The lowest BCUT2D eigenvalue weighted by Crippen LogP contribution is -2.11. The van der Waals surface area contributed by atoms with Crippen LogP contribution in [0.1, 0.15) is 110 Å². The molecule has 0 heterocycles. The lowest BCUT2D eigenvalue weighted by molar-refractivity contribution is -0.139. The maximum atomic E-state index is 11.2. The molecule has 0 fully saturated rings. The monoisotopic (exact) mass is 342 g/mol. The van der Waals surface area contributed by atoms with Gasteiger partial charge >= 0.3 is 12.1 Å². The minimum Gasteiger partial charge on any atom is -0.437 e. The molecule has 0 amide bonds. The van der Waals surface area contributed by atoms with E-state index in [1.54, 1.807) is 0 Å². The first kappa shape index (κ1) is 22.9. The molecule has 0 N–H and O–H groups in total. The summed E-state index contributed by atoms with van der Waals surface area (Å²) in [5, 5.41) is 0. The van der Waals surface area contributed by atoms with E-state index in [1.165, 1.54) is 84.2 Å². The third-order valence-electron chi connectivity index (χ3n) is 4.35. The van der Waals surface area contributed by atoms with E-state index in [9.17, 15) is 9.59 Å². The van der Waals surface area contributed by atoms with Crippen LogP contribution in [0.15, 0.2) is 0 Å². The number of carbonyl (C=O) groups is 2. The summed E-state index contributed by atoms with van der Waals surface area (Å²) in [6, 6.07) is 0. The molecule has 0 bridgehead atoms. The van der Waals surface area contributed by atoms with Gasteiger partial charge in [0.05, 0.1) is 7.11 Å². The highest BCUT2D eigenvalue weighted by molar-refractivity contribution is 5.81. The molecule has 142 valence electrons. The zero-order chi connectivity index (χ0) is 17.9. The predicted octanol–water partition coefficient (Wildman–Crippen LogP) is 6.56. The van der Waals surface area contributed by atoms with Gasteiger partial charge in [-0.05, 0) is 6.42 Å². The SMILES string of the molecule is CCCCCCCCCCCCCCCCCC(=O)OC(=O)OC. The largest absolute Gasteiger partial charge is 0.515 e. The van der Waals surface area contributed by atoms with Gasteiger partial charge in [0.1, 0.15) is 0 Å². The molecule has 0 aliphatic heterocycles. The van der Waals surface area contributed by atoms with Crippen LogP contribution in [-0.4, -0.2) is 19.2 Å². The lowest BCUT2D eigenvalue weighted by atomic mass is 10.0. The topological polar surface area (TPSA) is 52.6 Å². The quantitative estimate of drug-likeness (QED) is 0.181. The Bertz CT molecular complexity index is 302. The van der Waals surface area contributed by atoms with E-state index < -0.39 is 12.1 Å². The summed E-state index contributed by atoms with van der Waals surface area (Å²) in [7, 11) is 1.20. The first-order valence-corrected chi connectivity index (χ1v) is 9.99. The van der Waals surface area contributed by atoms with Crippen LogP contribution in [0.5, 0.6) is 0 Å². The second-order valence-electron chi connectivity index (χ2n) is 6.63. The average Bonchev–Trinajstić information content (AvgIpc) is 2.58. The molecule has 0 unspecified atom stereocenters. The number of esters is 1. The summed E-state index contributed by atoms with van der Waals surface area (Å²) >= 11 is 0. The summed E-state index contributed by atoms with van der Waals surface area (Å²) in [5.41, 5.74) is 0. The molecular formula is C20H38O4. The third-order valence-corrected chi connectivity index (χ3v) is 4.35. The van der Waals surface area contributed by atoms with Gasteiger partial charge in [0, 0.05) is 6.42 Å². The molecule has 0 aromatic carbocycles. The van der Waals surface area contributed by atoms with E-state index in [0.29, 0.717) is 6.42 Å². The van der Waals surface area contributed by atoms with Crippen LogP contribution in [-0.2, 0) is 14.3 Å². The van der Waals surface area contributed by atoms with Crippen LogP contribution in [0.25, 0.3) is 0 Å². The second kappa shape index (κ2) is 18.3. The Balaban J connectivity index is 3.12. The Morgan fingerprint density at radius 2 is 1.00 bits per heavy atom. The average molecular weight is 343 g/mol. The minimum atomic E-state index is -0.916. The van der Waals surface area contributed by atoms with Gasteiger partial charge < -0.3 is 9.47 Å². The summed E-state index contributed by atoms with van der Waals surface area (Å²) in [6.07, 6.45) is 18.7. The Morgan fingerprint density at radius 3 is 1.38 bits per heavy atom. The molecule has 0 atom stereocenters. The van der Waals surface area contributed by atoms with E-state index >= 15 is 0 Å². The van der Waals surface area contributed by atoms with Gasteiger partial charge in [-0.15, -0.1) is 0 Å². The zero-order valence-electron chi connectivity index (χ0n) is 15.9. The smallest absolute Gasteiger partial charge is 0.437 e. The van der Waals surface area contributed by atoms with Gasteiger partial charge in [0.15, 0.2) is 0 Å². The van der Waals surface area contributed by atoms with Crippen molar-refractivity contribution in [3.63, 3.8) is 0 Å². The maximum Gasteiger partial charge on any atom is 0.515 e. The lowest BCUT2D eigenvalue weighted by Gasteiger charge is -2.03. The number of hydrogen-bond donors (Lipinski definition) is 0. The van der Waals surface area contributed by atoms with Crippen LogP contribution >= 0.6 is 0 Å². The van der Waals surface area contributed by atoms with Gasteiger partial charge in [-0.2, -0.15) is 0 Å². The number of rotatable bonds is 16. The number of hydrogen-bond acceptors (Lipinski definition) is 4. The Labute approximate surface area is 148 Å². The molecule has 24 heavy (non-hydrogen) atoms. The molecule has 0 aliphatic rings. The predicted molar refractivity (Wildman–Crippen MR) is 98.0 cm³/mol. The fraction of sp³-hybridized carbons (Fsp3) is 0.900. The zero-order valence-corrected chi connectivity index (χ0v) is 15.9. The number of ether oxygens (including phenoxy) is 2. The van der Waals surface area contributed by atoms with Crippen molar-refractivity contribution in [3.8, 4) is 0 Å². The van der Waals surface area contributed by atoms with Crippen LogP contribution in [0.3, 0.4) is 0 Å². The minimum absolute atomic E-state index is 0.299. The normalized spacial score (nSPS) is 10.6. The fourth-order valence-electron chi connectivity index (χ4n) is 2.83. The van der Waals surface area contributed by atoms with Gasteiger partial charge in [0.25, 0.3) is 0 Å². The van der Waals surface area contributed by atoms with Crippen molar-refractivity contribution in [2.75, 3.05) is 7.11 Å². The summed E-state index contributed by atoms with van der Waals surface area (Å²) < 4.78 is 8.69. The van der Waals surface area contributed by atoms with Gasteiger partial charge in [-0.3, -0.25) is 4.79 Å². The Hall–Kier alpha value is -1.06. The van der Waals surface area contributed by atoms with Gasteiger partial charge in [0.2, 0.25) is 0 Å². The van der Waals surface area contributed by atoms with Crippen LogP contribution in [0, 0.1) is 0 Å².